The van der Waals surface area contributed by atoms with Gasteiger partial charge in [0.1, 0.15) is 0 Å². The summed E-state index contributed by atoms with van der Waals surface area (Å²) in [7, 11) is 0. The van der Waals surface area contributed by atoms with Crippen molar-refractivity contribution in [3.8, 4) is 0 Å². The van der Waals surface area contributed by atoms with E-state index in [1.807, 2.05) is 0 Å². The van der Waals surface area contributed by atoms with Gasteiger partial charge in [0.05, 0.1) is 5.76 Å². The first kappa shape index (κ1) is 6.08. The first-order valence-corrected chi connectivity index (χ1v) is 2.01. The van der Waals surface area contributed by atoms with Crippen LogP contribution in [0.2, 0.25) is 0 Å². The van der Waals surface area contributed by atoms with E-state index in [9.17, 15) is 0 Å². The highest BCUT2D eigenvalue weighted by molar-refractivity contribution is 5.02. The van der Waals surface area contributed by atoms with Crippen molar-refractivity contribution >= 4 is 0 Å². The van der Waals surface area contributed by atoms with E-state index in [-0.39, 0.29) is 5.76 Å². The van der Waals surface area contributed by atoms with Gasteiger partial charge in [0.2, 0.25) is 0 Å². The van der Waals surface area contributed by atoms with Crippen molar-refractivity contribution < 1.29 is 5.11 Å². The summed E-state index contributed by atoms with van der Waals surface area (Å²) in [6.45, 7) is 1.58. The molecule has 0 radical (unpaired) electrons. The smallest absolute Gasteiger partial charge is 0.0892 e. The van der Waals surface area contributed by atoms with Gasteiger partial charge in [-0.2, -0.15) is 0 Å². The highest BCUT2D eigenvalue weighted by Crippen LogP contribution is 1.81. The summed E-state index contributed by atoms with van der Waals surface area (Å²) in [6, 6.07) is 0. The van der Waals surface area contributed by atoms with Crippen molar-refractivity contribution in [3.63, 3.8) is 0 Å². The molecule has 0 aromatic rings. The average Bonchev–Trinajstić information content (AvgIpc) is 1.61. The Balaban J connectivity index is 3.46. The number of hydrogen-bond acceptors (Lipinski definition) is 2. The molecular weight excluding hydrogens is 90.1 g/mol. The summed E-state index contributed by atoms with van der Waals surface area (Å²) in [5, 5.41) is 8.44. The molecule has 0 aliphatic rings. The van der Waals surface area contributed by atoms with Crippen molar-refractivity contribution in [2.45, 2.75) is 6.92 Å². The number of rotatable bonds is 1. The summed E-state index contributed by atoms with van der Waals surface area (Å²) in [4.78, 5) is 0. The van der Waals surface area contributed by atoms with E-state index in [2.05, 4.69) is 0 Å². The maximum absolute atomic E-state index is 8.44. The van der Waals surface area contributed by atoms with E-state index in [1.54, 1.807) is 13.0 Å². The molecule has 0 atom stereocenters. The van der Waals surface area contributed by atoms with Crippen molar-refractivity contribution in [3.05, 3.63) is 24.1 Å². The second kappa shape index (κ2) is 3.28. The molecule has 0 saturated heterocycles. The van der Waals surface area contributed by atoms with Gasteiger partial charge >= 0.3 is 0 Å². The monoisotopic (exact) mass is 99.1 g/mol. The highest BCUT2D eigenvalue weighted by atomic mass is 16.3. The zero-order chi connectivity index (χ0) is 5.70. The molecule has 0 aromatic carbocycles. The van der Waals surface area contributed by atoms with Crippen LogP contribution in [0, 0.1) is 0 Å². The lowest BCUT2D eigenvalue weighted by Crippen LogP contribution is -1.73. The van der Waals surface area contributed by atoms with E-state index < -0.39 is 0 Å². The largest absolute Gasteiger partial charge is 0.513 e. The molecule has 7 heavy (non-hydrogen) atoms. The SMILES string of the molecule is C/C(O)=C\C=C/N. The molecule has 0 spiro atoms. The van der Waals surface area contributed by atoms with E-state index in [0.717, 1.165) is 0 Å². The van der Waals surface area contributed by atoms with Gasteiger partial charge in [0.15, 0.2) is 0 Å². The predicted octanol–water partition coefficient (Wildman–Crippen LogP) is 0.921. The molecule has 2 heteroatoms. The van der Waals surface area contributed by atoms with Crippen LogP contribution in [0.15, 0.2) is 24.1 Å². The van der Waals surface area contributed by atoms with Crippen LogP contribution in [0.5, 0.6) is 0 Å². The zero-order valence-electron chi connectivity index (χ0n) is 4.26. The molecular formula is C5H9NO. The van der Waals surface area contributed by atoms with Gasteiger partial charge in [0.25, 0.3) is 0 Å². The molecule has 2 nitrogen and oxygen atoms in total. The lowest BCUT2D eigenvalue weighted by atomic mass is 10.5. The summed E-state index contributed by atoms with van der Waals surface area (Å²) < 4.78 is 0. The molecule has 40 valence electrons. The van der Waals surface area contributed by atoms with Gasteiger partial charge in [-0.15, -0.1) is 0 Å². The van der Waals surface area contributed by atoms with Crippen LogP contribution in [-0.2, 0) is 0 Å². The van der Waals surface area contributed by atoms with Crippen LogP contribution in [0.1, 0.15) is 6.92 Å². The Morgan fingerprint density at radius 1 is 1.71 bits per heavy atom. The number of aliphatic hydroxyl groups excluding tert-OH is 1. The van der Waals surface area contributed by atoms with Gasteiger partial charge in [-0.25, -0.2) is 0 Å². The second-order valence-corrected chi connectivity index (χ2v) is 1.19. The van der Waals surface area contributed by atoms with Crippen LogP contribution < -0.4 is 5.73 Å². The molecule has 0 aromatic heterocycles. The van der Waals surface area contributed by atoms with Crippen LogP contribution in [-0.4, -0.2) is 5.11 Å². The third-order valence-electron chi connectivity index (χ3n) is 0.449. The summed E-state index contributed by atoms with van der Waals surface area (Å²) >= 11 is 0. The van der Waals surface area contributed by atoms with Crippen LogP contribution in [0.4, 0.5) is 0 Å². The minimum atomic E-state index is 0.265. The first-order chi connectivity index (χ1) is 3.27. The quantitative estimate of drug-likeness (QED) is 0.379. The molecule has 0 aliphatic heterocycles. The van der Waals surface area contributed by atoms with E-state index in [1.165, 1.54) is 12.3 Å². The fraction of sp³-hybridized carbons (Fsp3) is 0.200. The van der Waals surface area contributed by atoms with Gasteiger partial charge in [0, 0.05) is 0 Å². The van der Waals surface area contributed by atoms with Crippen LogP contribution in [0.25, 0.3) is 0 Å². The fourth-order valence-electron chi connectivity index (χ4n) is 0.195. The lowest BCUT2D eigenvalue weighted by Gasteiger charge is -1.78. The minimum Gasteiger partial charge on any atom is -0.513 e. The van der Waals surface area contributed by atoms with Crippen molar-refractivity contribution in [2.24, 2.45) is 5.73 Å². The van der Waals surface area contributed by atoms with Crippen LogP contribution in [0.3, 0.4) is 0 Å². The second-order valence-electron chi connectivity index (χ2n) is 1.19. The molecule has 3 N–H and O–H groups in total. The molecule has 0 rings (SSSR count). The Bertz CT molecular complexity index is 90.3. The molecule has 0 fully saturated rings. The number of allylic oxidation sites excluding steroid dienone is 3. The minimum absolute atomic E-state index is 0.265. The lowest BCUT2D eigenvalue weighted by molar-refractivity contribution is 0.414. The van der Waals surface area contributed by atoms with Crippen molar-refractivity contribution in [2.75, 3.05) is 0 Å². The molecule has 0 heterocycles. The van der Waals surface area contributed by atoms with Crippen molar-refractivity contribution in [1.82, 2.24) is 0 Å². The summed E-state index contributed by atoms with van der Waals surface area (Å²) in [5.41, 5.74) is 4.94. The van der Waals surface area contributed by atoms with E-state index in [4.69, 9.17) is 10.8 Å². The van der Waals surface area contributed by atoms with Gasteiger partial charge in [-0.1, -0.05) is 0 Å². The third kappa shape index (κ3) is 5.08. The first-order valence-electron chi connectivity index (χ1n) is 2.01. The average molecular weight is 99.1 g/mol. The Labute approximate surface area is 43.0 Å². The predicted molar refractivity (Wildman–Crippen MR) is 29.7 cm³/mol. The van der Waals surface area contributed by atoms with Crippen molar-refractivity contribution in [1.29, 1.82) is 0 Å². The normalized spacial score (nSPS) is 13.0. The standard InChI is InChI=1S/C5H9NO/c1-5(7)3-2-4-6/h2-4,7H,6H2,1H3/b4-2-,5-3+. The Hall–Kier alpha value is -0.920. The fourth-order valence-corrected chi connectivity index (χ4v) is 0.195. The Morgan fingerprint density at radius 2 is 2.29 bits per heavy atom. The Kier molecular flexibility index (Phi) is 2.85. The zero-order valence-corrected chi connectivity index (χ0v) is 4.26. The molecule has 0 bridgehead atoms. The van der Waals surface area contributed by atoms with E-state index >= 15 is 0 Å². The Morgan fingerprint density at radius 3 is 2.43 bits per heavy atom. The molecule has 0 aliphatic carbocycles. The maximum atomic E-state index is 8.44. The highest BCUT2D eigenvalue weighted by Gasteiger charge is 1.68. The van der Waals surface area contributed by atoms with Crippen LogP contribution >= 0.6 is 0 Å². The summed E-state index contributed by atoms with van der Waals surface area (Å²) in [5.74, 6) is 0.265. The number of aliphatic hydroxyl groups is 1. The molecule has 0 amide bonds. The number of hydrogen-bond donors (Lipinski definition) is 2. The van der Waals surface area contributed by atoms with Gasteiger partial charge in [-0.05, 0) is 25.3 Å². The topological polar surface area (TPSA) is 46.2 Å². The van der Waals surface area contributed by atoms with Gasteiger partial charge < -0.3 is 10.8 Å². The molecule has 0 saturated carbocycles. The molecule has 0 unspecified atom stereocenters. The third-order valence-corrected chi connectivity index (χ3v) is 0.449. The van der Waals surface area contributed by atoms with Gasteiger partial charge in [-0.3, -0.25) is 0 Å². The summed E-state index contributed by atoms with van der Waals surface area (Å²) in [6.07, 6.45) is 4.44. The van der Waals surface area contributed by atoms with E-state index in [0.29, 0.717) is 0 Å². The number of nitrogens with two attached hydrogens (primary N) is 1. The maximum Gasteiger partial charge on any atom is 0.0892 e.